The van der Waals surface area contributed by atoms with Gasteiger partial charge >= 0.3 is 0 Å². The van der Waals surface area contributed by atoms with Crippen LogP contribution >= 0.6 is 15.9 Å². The number of halogens is 1. The second-order valence-corrected chi connectivity index (χ2v) is 7.51. The summed E-state index contributed by atoms with van der Waals surface area (Å²) in [5.41, 5.74) is 8.51. The summed E-state index contributed by atoms with van der Waals surface area (Å²) in [5.74, 6) is 0.840. The third-order valence-electron chi connectivity index (χ3n) is 4.15. The summed E-state index contributed by atoms with van der Waals surface area (Å²) in [4.78, 5) is 4.81. The number of hydrogen-bond acceptors (Lipinski definition) is 3. The standard InChI is InChI=1S/C17H28BrN3/c1-13(19)10-15-4-5-17(16(18)11-15)21-8-6-14(7-9-21)12-20(2)3/h4-5,11,13-14H,6-10,12,19H2,1-3H3. The van der Waals surface area contributed by atoms with Crippen LogP contribution in [0.1, 0.15) is 25.3 Å². The van der Waals surface area contributed by atoms with Crippen molar-refractivity contribution in [2.45, 2.75) is 32.2 Å². The van der Waals surface area contributed by atoms with E-state index in [0.29, 0.717) is 0 Å². The summed E-state index contributed by atoms with van der Waals surface area (Å²) in [7, 11) is 4.33. The van der Waals surface area contributed by atoms with Crippen LogP contribution in [0, 0.1) is 5.92 Å². The molecule has 3 nitrogen and oxygen atoms in total. The lowest BCUT2D eigenvalue weighted by Crippen LogP contribution is -2.37. The number of anilines is 1. The van der Waals surface area contributed by atoms with Crippen LogP contribution < -0.4 is 10.6 Å². The highest BCUT2D eigenvalue weighted by Gasteiger charge is 2.21. The molecule has 0 aliphatic carbocycles. The Bertz CT molecular complexity index is 451. The molecule has 1 aliphatic heterocycles. The minimum absolute atomic E-state index is 0.213. The normalized spacial score (nSPS) is 18.3. The zero-order valence-electron chi connectivity index (χ0n) is 13.5. The molecule has 1 unspecified atom stereocenters. The summed E-state index contributed by atoms with van der Waals surface area (Å²) in [5, 5.41) is 0. The van der Waals surface area contributed by atoms with Gasteiger partial charge < -0.3 is 15.5 Å². The molecule has 0 radical (unpaired) electrons. The maximum atomic E-state index is 5.88. The van der Waals surface area contributed by atoms with Gasteiger partial charge in [-0.3, -0.25) is 0 Å². The fraction of sp³-hybridized carbons (Fsp3) is 0.647. The third kappa shape index (κ3) is 4.97. The Balaban J connectivity index is 1.97. The summed E-state index contributed by atoms with van der Waals surface area (Å²) >= 11 is 3.74. The topological polar surface area (TPSA) is 32.5 Å². The van der Waals surface area contributed by atoms with Gasteiger partial charge in [-0.05, 0) is 79.8 Å². The number of nitrogens with two attached hydrogens (primary N) is 1. The SMILES string of the molecule is CC(N)Cc1ccc(N2CCC(CN(C)C)CC2)c(Br)c1. The molecule has 1 heterocycles. The molecule has 1 saturated heterocycles. The predicted octanol–water partition coefficient (Wildman–Crippen LogP) is 3.12. The minimum atomic E-state index is 0.213. The number of piperidine rings is 1. The van der Waals surface area contributed by atoms with Gasteiger partial charge in [-0.2, -0.15) is 0 Å². The minimum Gasteiger partial charge on any atom is -0.371 e. The number of nitrogens with zero attached hydrogens (tertiary/aromatic N) is 2. The maximum Gasteiger partial charge on any atom is 0.0510 e. The molecular formula is C17H28BrN3. The lowest BCUT2D eigenvalue weighted by Gasteiger charge is -2.35. The Morgan fingerprint density at radius 3 is 2.52 bits per heavy atom. The monoisotopic (exact) mass is 353 g/mol. The van der Waals surface area contributed by atoms with Gasteiger partial charge in [0.15, 0.2) is 0 Å². The Labute approximate surface area is 137 Å². The molecule has 1 aromatic carbocycles. The van der Waals surface area contributed by atoms with Crippen molar-refractivity contribution in [3.63, 3.8) is 0 Å². The number of rotatable bonds is 5. The van der Waals surface area contributed by atoms with Gasteiger partial charge in [0.05, 0.1) is 5.69 Å². The molecule has 1 aromatic rings. The average Bonchev–Trinajstić information content (AvgIpc) is 2.39. The van der Waals surface area contributed by atoms with E-state index in [9.17, 15) is 0 Å². The van der Waals surface area contributed by atoms with Crippen LogP contribution in [0.15, 0.2) is 22.7 Å². The summed E-state index contributed by atoms with van der Waals surface area (Å²) in [6.45, 7) is 5.58. The molecule has 21 heavy (non-hydrogen) atoms. The summed E-state index contributed by atoms with van der Waals surface area (Å²) in [6.07, 6.45) is 3.50. The Morgan fingerprint density at radius 2 is 2.00 bits per heavy atom. The van der Waals surface area contributed by atoms with E-state index in [1.54, 1.807) is 0 Å². The Hall–Kier alpha value is -0.580. The lowest BCUT2D eigenvalue weighted by atomic mass is 9.96. The van der Waals surface area contributed by atoms with Gasteiger partial charge in [0.1, 0.15) is 0 Å². The van der Waals surface area contributed by atoms with E-state index in [2.05, 4.69) is 64.9 Å². The van der Waals surface area contributed by atoms with Crippen LogP contribution in [0.3, 0.4) is 0 Å². The second-order valence-electron chi connectivity index (χ2n) is 6.66. The van der Waals surface area contributed by atoms with Crippen molar-refractivity contribution in [2.24, 2.45) is 11.7 Å². The highest BCUT2D eigenvalue weighted by Crippen LogP contribution is 2.31. The summed E-state index contributed by atoms with van der Waals surface area (Å²) < 4.78 is 1.20. The first-order chi connectivity index (χ1) is 9.95. The second kappa shape index (κ2) is 7.61. The fourth-order valence-corrected chi connectivity index (χ4v) is 3.86. The molecule has 2 rings (SSSR count). The zero-order valence-corrected chi connectivity index (χ0v) is 15.1. The quantitative estimate of drug-likeness (QED) is 0.882. The molecule has 1 atom stereocenters. The Morgan fingerprint density at radius 1 is 1.33 bits per heavy atom. The fourth-order valence-electron chi connectivity index (χ4n) is 3.18. The van der Waals surface area contributed by atoms with E-state index in [4.69, 9.17) is 5.73 Å². The average molecular weight is 354 g/mol. The van der Waals surface area contributed by atoms with E-state index >= 15 is 0 Å². The molecular weight excluding hydrogens is 326 g/mol. The van der Waals surface area contributed by atoms with E-state index in [1.165, 1.54) is 35.1 Å². The molecule has 0 bridgehead atoms. The van der Waals surface area contributed by atoms with Gasteiger partial charge in [-0.25, -0.2) is 0 Å². The molecule has 0 spiro atoms. The molecule has 1 aliphatic rings. The molecule has 4 heteroatoms. The van der Waals surface area contributed by atoms with Gasteiger partial charge in [0.25, 0.3) is 0 Å². The largest absolute Gasteiger partial charge is 0.371 e. The van der Waals surface area contributed by atoms with Crippen molar-refractivity contribution in [3.05, 3.63) is 28.2 Å². The van der Waals surface area contributed by atoms with E-state index in [1.807, 2.05) is 0 Å². The van der Waals surface area contributed by atoms with Crippen LogP contribution in [-0.2, 0) is 6.42 Å². The maximum absolute atomic E-state index is 5.88. The molecule has 0 amide bonds. The van der Waals surface area contributed by atoms with Crippen LogP contribution in [0.25, 0.3) is 0 Å². The third-order valence-corrected chi connectivity index (χ3v) is 4.78. The van der Waals surface area contributed by atoms with Crippen LogP contribution in [0.5, 0.6) is 0 Å². The molecule has 118 valence electrons. The van der Waals surface area contributed by atoms with Crippen molar-refractivity contribution in [3.8, 4) is 0 Å². The van der Waals surface area contributed by atoms with Gasteiger partial charge in [-0.15, -0.1) is 0 Å². The van der Waals surface area contributed by atoms with Crippen molar-refractivity contribution in [1.82, 2.24) is 4.90 Å². The van der Waals surface area contributed by atoms with E-state index in [0.717, 1.165) is 25.4 Å². The highest BCUT2D eigenvalue weighted by molar-refractivity contribution is 9.10. The highest BCUT2D eigenvalue weighted by atomic mass is 79.9. The predicted molar refractivity (Wildman–Crippen MR) is 95.0 cm³/mol. The first-order valence-corrected chi connectivity index (χ1v) is 8.68. The molecule has 0 saturated carbocycles. The smallest absolute Gasteiger partial charge is 0.0510 e. The van der Waals surface area contributed by atoms with Crippen molar-refractivity contribution in [2.75, 3.05) is 38.6 Å². The molecule has 2 N–H and O–H groups in total. The van der Waals surface area contributed by atoms with Crippen LogP contribution in [-0.4, -0.2) is 44.7 Å². The number of benzene rings is 1. The first kappa shape index (κ1) is 16.8. The van der Waals surface area contributed by atoms with E-state index in [-0.39, 0.29) is 6.04 Å². The lowest BCUT2D eigenvalue weighted by molar-refractivity contribution is 0.285. The zero-order chi connectivity index (χ0) is 15.4. The molecule has 0 aromatic heterocycles. The van der Waals surface area contributed by atoms with Crippen molar-refractivity contribution in [1.29, 1.82) is 0 Å². The van der Waals surface area contributed by atoms with E-state index < -0.39 is 0 Å². The Kier molecular flexibility index (Phi) is 6.08. The van der Waals surface area contributed by atoms with Crippen molar-refractivity contribution < 1.29 is 0 Å². The van der Waals surface area contributed by atoms with Crippen LogP contribution in [0.2, 0.25) is 0 Å². The van der Waals surface area contributed by atoms with Crippen LogP contribution in [0.4, 0.5) is 5.69 Å². The van der Waals surface area contributed by atoms with Gasteiger partial charge in [0, 0.05) is 30.1 Å². The molecule has 1 fully saturated rings. The van der Waals surface area contributed by atoms with Gasteiger partial charge in [-0.1, -0.05) is 6.07 Å². The van der Waals surface area contributed by atoms with Gasteiger partial charge in [0.2, 0.25) is 0 Å². The number of hydrogen-bond donors (Lipinski definition) is 1. The first-order valence-electron chi connectivity index (χ1n) is 7.89. The van der Waals surface area contributed by atoms with Crippen molar-refractivity contribution >= 4 is 21.6 Å². The summed E-state index contributed by atoms with van der Waals surface area (Å²) in [6, 6.07) is 6.90.